The molecule has 2 aromatic carbocycles. The monoisotopic (exact) mass is 434 g/mol. The van der Waals surface area contributed by atoms with Crippen LogP contribution in [-0.4, -0.2) is 46.7 Å². The van der Waals surface area contributed by atoms with Gasteiger partial charge in [0.15, 0.2) is 15.8 Å². The lowest BCUT2D eigenvalue weighted by molar-refractivity contribution is 0.0954. The third-order valence-corrected chi connectivity index (χ3v) is 5.72. The summed E-state index contributed by atoms with van der Waals surface area (Å²) in [6.45, 7) is 4.61. The van der Waals surface area contributed by atoms with Gasteiger partial charge >= 0.3 is 0 Å². The van der Waals surface area contributed by atoms with Crippen LogP contribution in [0.3, 0.4) is 0 Å². The predicted molar refractivity (Wildman–Crippen MR) is 116 cm³/mol. The van der Waals surface area contributed by atoms with Crippen LogP contribution in [0.2, 0.25) is 0 Å². The summed E-state index contributed by atoms with van der Waals surface area (Å²) in [6, 6.07) is 9.54. The van der Waals surface area contributed by atoms with Gasteiger partial charge in [-0.2, -0.15) is 0 Å². The highest BCUT2D eigenvalue weighted by molar-refractivity contribution is 7.90. The predicted octanol–water partition coefficient (Wildman–Crippen LogP) is 1.94. The molecule has 0 bridgehead atoms. The number of carbonyl (C=O) groups is 1. The Bertz CT molecular complexity index is 1050. The molecular weight excluding hydrogens is 407 g/mol. The number of hydrogen-bond acceptors (Lipinski definition) is 4. The van der Waals surface area contributed by atoms with E-state index in [1.807, 2.05) is 6.07 Å². The number of aliphatic imine (C=N–C) groups is 1. The summed E-state index contributed by atoms with van der Waals surface area (Å²) < 4.78 is 37.0. The van der Waals surface area contributed by atoms with Crippen LogP contribution in [-0.2, 0) is 16.4 Å². The molecule has 0 aromatic heterocycles. The first kappa shape index (κ1) is 23.3. The van der Waals surface area contributed by atoms with E-state index in [0.29, 0.717) is 41.6 Å². The van der Waals surface area contributed by atoms with Gasteiger partial charge in [-0.1, -0.05) is 18.2 Å². The summed E-state index contributed by atoms with van der Waals surface area (Å²) in [7, 11) is -1.62. The second kappa shape index (κ2) is 10.2. The van der Waals surface area contributed by atoms with Crippen LogP contribution >= 0.6 is 0 Å². The normalized spacial score (nSPS) is 11.8. The van der Waals surface area contributed by atoms with Gasteiger partial charge in [-0.15, -0.1) is 0 Å². The number of benzene rings is 2. The Kier molecular flexibility index (Phi) is 7.93. The van der Waals surface area contributed by atoms with E-state index in [9.17, 15) is 17.6 Å². The van der Waals surface area contributed by atoms with E-state index in [1.165, 1.54) is 12.3 Å². The van der Waals surface area contributed by atoms with Crippen molar-refractivity contribution in [3.8, 4) is 0 Å². The average Bonchev–Trinajstić information content (AvgIpc) is 2.68. The van der Waals surface area contributed by atoms with E-state index in [2.05, 4.69) is 20.9 Å². The molecule has 1 amide bonds. The number of hydrogen-bond donors (Lipinski definition) is 3. The number of amides is 1. The minimum Gasteiger partial charge on any atom is -0.355 e. The molecular formula is C21H27FN4O3S. The molecule has 2 aromatic rings. The van der Waals surface area contributed by atoms with Crippen LogP contribution in [0, 0.1) is 19.7 Å². The van der Waals surface area contributed by atoms with Crippen molar-refractivity contribution in [2.24, 2.45) is 4.99 Å². The van der Waals surface area contributed by atoms with Crippen molar-refractivity contribution < 1.29 is 17.6 Å². The number of nitrogens with one attached hydrogen (secondary N) is 3. The number of carbonyl (C=O) groups excluding carboxylic acids is 1. The molecule has 0 aliphatic rings. The molecule has 0 aliphatic carbocycles. The number of rotatable bonds is 7. The van der Waals surface area contributed by atoms with Gasteiger partial charge in [0, 0.05) is 38.5 Å². The maximum atomic E-state index is 13.6. The molecule has 30 heavy (non-hydrogen) atoms. The van der Waals surface area contributed by atoms with Gasteiger partial charge in [-0.25, -0.2) is 12.8 Å². The van der Waals surface area contributed by atoms with Crippen LogP contribution in [0.4, 0.5) is 4.39 Å². The number of nitrogens with zero attached hydrogens (tertiary/aromatic N) is 1. The topological polar surface area (TPSA) is 99.7 Å². The fourth-order valence-electron chi connectivity index (χ4n) is 2.84. The number of aryl methyl sites for hydroxylation is 2. The lowest BCUT2D eigenvalue weighted by Crippen LogP contribution is -2.41. The highest BCUT2D eigenvalue weighted by Crippen LogP contribution is 2.16. The Balaban J connectivity index is 1.80. The quantitative estimate of drug-likeness (QED) is 0.351. The largest absolute Gasteiger partial charge is 0.355 e. The summed E-state index contributed by atoms with van der Waals surface area (Å²) in [4.78, 5) is 16.5. The molecule has 0 spiro atoms. The van der Waals surface area contributed by atoms with E-state index in [0.717, 1.165) is 5.56 Å². The van der Waals surface area contributed by atoms with Crippen LogP contribution in [0.5, 0.6) is 0 Å². The van der Waals surface area contributed by atoms with Crippen molar-refractivity contribution in [1.82, 2.24) is 16.0 Å². The fraction of sp³-hybridized carbons (Fsp3) is 0.333. The van der Waals surface area contributed by atoms with Gasteiger partial charge in [-0.05, 0) is 48.7 Å². The second-order valence-electron chi connectivity index (χ2n) is 6.94. The van der Waals surface area contributed by atoms with Gasteiger partial charge in [0.1, 0.15) is 5.82 Å². The summed E-state index contributed by atoms with van der Waals surface area (Å²) in [6.07, 6.45) is 1.19. The first-order valence-electron chi connectivity index (χ1n) is 9.40. The van der Waals surface area contributed by atoms with Gasteiger partial charge in [0.25, 0.3) is 5.91 Å². The molecule has 0 heterocycles. The van der Waals surface area contributed by atoms with Gasteiger partial charge in [-0.3, -0.25) is 9.79 Å². The van der Waals surface area contributed by atoms with Gasteiger partial charge in [0.05, 0.1) is 4.90 Å². The first-order valence-corrected chi connectivity index (χ1v) is 11.3. The van der Waals surface area contributed by atoms with Crippen LogP contribution in [0.15, 0.2) is 46.3 Å². The van der Waals surface area contributed by atoms with E-state index >= 15 is 0 Å². The maximum absolute atomic E-state index is 13.6. The molecule has 162 valence electrons. The smallest absolute Gasteiger partial charge is 0.251 e. The summed E-state index contributed by atoms with van der Waals surface area (Å²) in [5.74, 6) is -0.222. The Morgan fingerprint density at radius 1 is 1.00 bits per heavy atom. The number of guanidine groups is 1. The molecule has 0 saturated heterocycles. The van der Waals surface area contributed by atoms with Crippen molar-refractivity contribution in [2.45, 2.75) is 25.3 Å². The van der Waals surface area contributed by atoms with Crippen molar-refractivity contribution in [3.05, 3.63) is 64.5 Å². The molecule has 7 nitrogen and oxygen atoms in total. The van der Waals surface area contributed by atoms with E-state index < -0.39 is 15.7 Å². The lowest BCUT2D eigenvalue weighted by atomic mass is 10.1. The molecule has 0 radical (unpaired) electrons. The van der Waals surface area contributed by atoms with Crippen molar-refractivity contribution >= 4 is 21.7 Å². The SMILES string of the molecule is CN=C(NCCNC(=O)c1ccc(C)c(F)c1)NCc1ccc(S(C)(=O)=O)c(C)c1. The van der Waals surface area contributed by atoms with E-state index in [1.54, 1.807) is 45.2 Å². The van der Waals surface area contributed by atoms with Crippen LogP contribution in [0.1, 0.15) is 27.0 Å². The number of halogens is 1. The lowest BCUT2D eigenvalue weighted by Gasteiger charge is -2.13. The van der Waals surface area contributed by atoms with Gasteiger partial charge in [0.2, 0.25) is 0 Å². The first-order chi connectivity index (χ1) is 14.1. The highest BCUT2D eigenvalue weighted by Gasteiger charge is 2.11. The Hall–Kier alpha value is -2.94. The molecule has 9 heteroatoms. The Labute approximate surface area is 176 Å². The molecule has 2 rings (SSSR count). The zero-order valence-electron chi connectivity index (χ0n) is 17.5. The highest BCUT2D eigenvalue weighted by atomic mass is 32.2. The summed E-state index contributed by atoms with van der Waals surface area (Å²) in [5.41, 5.74) is 2.37. The second-order valence-corrected chi connectivity index (χ2v) is 8.93. The minimum atomic E-state index is -3.24. The number of sulfone groups is 1. The summed E-state index contributed by atoms with van der Waals surface area (Å²) >= 11 is 0. The average molecular weight is 435 g/mol. The molecule has 0 aliphatic heterocycles. The summed E-state index contributed by atoms with van der Waals surface area (Å²) in [5, 5.41) is 8.92. The van der Waals surface area contributed by atoms with Crippen molar-refractivity contribution in [3.63, 3.8) is 0 Å². The van der Waals surface area contributed by atoms with Crippen LogP contribution in [0.25, 0.3) is 0 Å². The van der Waals surface area contributed by atoms with Crippen molar-refractivity contribution in [2.75, 3.05) is 26.4 Å². The molecule has 0 saturated carbocycles. The minimum absolute atomic E-state index is 0.272. The Morgan fingerprint density at radius 3 is 2.30 bits per heavy atom. The van der Waals surface area contributed by atoms with Gasteiger partial charge < -0.3 is 16.0 Å². The van der Waals surface area contributed by atoms with E-state index in [-0.39, 0.29) is 11.5 Å². The maximum Gasteiger partial charge on any atom is 0.251 e. The molecule has 0 atom stereocenters. The fourth-order valence-corrected chi connectivity index (χ4v) is 3.80. The zero-order valence-corrected chi connectivity index (χ0v) is 18.4. The standard InChI is InChI=1S/C21H27FN4O3S/c1-14-5-7-17(12-18(14)22)20(27)24-9-10-25-21(23-3)26-13-16-6-8-19(15(2)11-16)30(4,28)29/h5-8,11-12H,9-10,13H2,1-4H3,(H,24,27)(H2,23,25,26). The molecule has 0 fully saturated rings. The third kappa shape index (κ3) is 6.55. The zero-order chi connectivity index (χ0) is 22.3. The van der Waals surface area contributed by atoms with Crippen LogP contribution < -0.4 is 16.0 Å². The molecule has 3 N–H and O–H groups in total. The molecule has 0 unspecified atom stereocenters. The Morgan fingerprint density at radius 2 is 1.70 bits per heavy atom. The van der Waals surface area contributed by atoms with Crippen molar-refractivity contribution in [1.29, 1.82) is 0 Å². The third-order valence-electron chi connectivity index (χ3n) is 4.46. The van der Waals surface area contributed by atoms with E-state index in [4.69, 9.17) is 0 Å².